The van der Waals surface area contributed by atoms with E-state index in [1.165, 1.54) is 24.3 Å². The van der Waals surface area contributed by atoms with Crippen molar-refractivity contribution in [3.05, 3.63) is 16.1 Å². The molecule has 17 heavy (non-hydrogen) atoms. The van der Waals surface area contributed by atoms with E-state index in [9.17, 15) is 4.79 Å². The normalized spacial score (nSPS) is 28.7. The maximum atomic E-state index is 12.3. The van der Waals surface area contributed by atoms with E-state index in [4.69, 9.17) is 0 Å². The van der Waals surface area contributed by atoms with Crippen molar-refractivity contribution < 1.29 is 4.79 Å². The SMILES string of the molecule is Cc1ncsc1C(=O)N1C[C@H]2CCN(C)[C@H]2C1. The monoisotopic (exact) mass is 251 g/mol. The molecule has 2 aliphatic heterocycles. The molecule has 5 heteroatoms. The molecule has 3 rings (SSSR count). The molecule has 2 aliphatic rings. The molecule has 2 saturated heterocycles. The maximum absolute atomic E-state index is 12.3. The number of aromatic nitrogens is 1. The van der Waals surface area contributed by atoms with Crippen molar-refractivity contribution in [1.29, 1.82) is 0 Å². The quantitative estimate of drug-likeness (QED) is 0.753. The van der Waals surface area contributed by atoms with Crippen LogP contribution in [-0.2, 0) is 0 Å². The first-order valence-corrected chi connectivity index (χ1v) is 6.94. The minimum atomic E-state index is 0.174. The molecule has 0 radical (unpaired) electrons. The lowest BCUT2D eigenvalue weighted by Gasteiger charge is -2.20. The standard InChI is InChI=1S/C12H17N3OS/c1-8-11(17-7-13-8)12(16)15-5-9-3-4-14(2)10(9)6-15/h7,9-10H,3-6H2,1-2H3/t9-,10+/m1/s1. The van der Waals surface area contributed by atoms with E-state index >= 15 is 0 Å². The Morgan fingerprint density at radius 1 is 1.53 bits per heavy atom. The second-order valence-corrected chi connectivity index (χ2v) is 5.93. The van der Waals surface area contributed by atoms with E-state index in [0.717, 1.165) is 23.7 Å². The summed E-state index contributed by atoms with van der Waals surface area (Å²) < 4.78 is 0. The number of likely N-dealkylation sites (N-methyl/N-ethyl adjacent to an activating group) is 1. The van der Waals surface area contributed by atoms with E-state index in [0.29, 0.717) is 12.0 Å². The second kappa shape index (κ2) is 4.07. The molecule has 0 aromatic carbocycles. The molecule has 3 heterocycles. The van der Waals surface area contributed by atoms with Gasteiger partial charge in [0.15, 0.2) is 0 Å². The average molecular weight is 251 g/mol. The van der Waals surface area contributed by atoms with Gasteiger partial charge < -0.3 is 9.80 Å². The van der Waals surface area contributed by atoms with Crippen molar-refractivity contribution in [2.75, 3.05) is 26.7 Å². The van der Waals surface area contributed by atoms with Gasteiger partial charge in [-0.15, -0.1) is 11.3 Å². The van der Waals surface area contributed by atoms with Crippen LogP contribution in [0.25, 0.3) is 0 Å². The smallest absolute Gasteiger partial charge is 0.265 e. The Labute approximate surface area is 105 Å². The minimum Gasteiger partial charge on any atom is -0.336 e. The molecule has 0 spiro atoms. The molecule has 1 aromatic rings. The number of amides is 1. The van der Waals surface area contributed by atoms with Crippen LogP contribution in [0, 0.1) is 12.8 Å². The third kappa shape index (κ3) is 1.77. The molecule has 0 saturated carbocycles. The molecule has 0 bridgehead atoms. The van der Waals surface area contributed by atoms with Crippen molar-refractivity contribution in [1.82, 2.24) is 14.8 Å². The van der Waals surface area contributed by atoms with Crippen molar-refractivity contribution in [2.45, 2.75) is 19.4 Å². The lowest BCUT2D eigenvalue weighted by atomic mass is 10.1. The summed E-state index contributed by atoms with van der Waals surface area (Å²) in [6.45, 7) is 4.90. The van der Waals surface area contributed by atoms with Gasteiger partial charge in [0.2, 0.25) is 0 Å². The highest BCUT2D eigenvalue weighted by molar-refractivity contribution is 7.11. The van der Waals surface area contributed by atoms with Crippen LogP contribution in [0.2, 0.25) is 0 Å². The fraction of sp³-hybridized carbons (Fsp3) is 0.667. The highest BCUT2D eigenvalue weighted by atomic mass is 32.1. The lowest BCUT2D eigenvalue weighted by molar-refractivity contribution is 0.0778. The van der Waals surface area contributed by atoms with Crippen LogP contribution in [0.1, 0.15) is 21.8 Å². The molecule has 0 unspecified atom stereocenters. The van der Waals surface area contributed by atoms with Gasteiger partial charge in [-0.2, -0.15) is 0 Å². The Balaban J connectivity index is 1.75. The number of hydrogen-bond donors (Lipinski definition) is 0. The topological polar surface area (TPSA) is 36.4 Å². The van der Waals surface area contributed by atoms with E-state index < -0.39 is 0 Å². The molecule has 2 fully saturated rings. The Hall–Kier alpha value is -0.940. The first-order chi connectivity index (χ1) is 8.16. The number of likely N-dealkylation sites (tertiary alicyclic amines) is 2. The molecule has 1 aromatic heterocycles. The van der Waals surface area contributed by atoms with Gasteiger partial charge in [-0.1, -0.05) is 0 Å². The fourth-order valence-electron chi connectivity index (χ4n) is 2.99. The predicted octanol–water partition coefficient (Wildman–Crippen LogP) is 1.23. The number of carbonyl (C=O) groups excluding carboxylic acids is 1. The number of fused-ring (bicyclic) bond motifs is 1. The highest BCUT2D eigenvalue weighted by Crippen LogP contribution is 2.31. The van der Waals surface area contributed by atoms with Crippen molar-refractivity contribution in [3.63, 3.8) is 0 Å². The third-order valence-corrected chi connectivity index (χ3v) is 4.97. The summed E-state index contributed by atoms with van der Waals surface area (Å²) in [5.41, 5.74) is 2.62. The summed E-state index contributed by atoms with van der Waals surface area (Å²) in [7, 11) is 2.16. The molecular formula is C12H17N3OS. The second-order valence-electron chi connectivity index (χ2n) is 5.07. The van der Waals surface area contributed by atoms with Crippen LogP contribution in [0.15, 0.2) is 5.51 Å². The summed E-state index contributed by atoms with van der Waals surface area (Å²) in [5.74, 6) is 0.852. The first-order valence-electron chi connectivity index (χ1n) is 6.06. The summed E-state index contributed by atoms with van der Waals surface area (Å²) in [6.07, 6.45) is 1.23. The van der Waals surface area contributed by atoms with Crippen LogP contribution < -0.4 is 0 Å². The van der Waals surface area contributed by atoms with Gasteiger partial charge in [0.1, 0.15) is 4.88 Å². The Morgan fingerprint density at radius 2 is 2.35 bits per heavy atom. The summed E-state index contributed by atoms with van der Waals surface area (Å²) in [5, 5.41) is 0. The van der Waals surface area contributed by atoms with Gasteiger partial charge in [-0.3, -0.25) is 4.79 Å². The van der Waals surface area contributed by atoms with E-state index in [1.54, 1.807) is 5.51 Å². The maximum Gasteiger partial charge on any atom is 0.265 e. The van der Waals surface area contributed by atoms with Crippen LogP contribution in [0.5, 0.6) is 0 Å². The summed E-state index contributed by atoms with van der Waals surface area (Å²) in [4.78, 5) is 21.7. The Kier molecular flexibility index (Phi) is 2.67. The van der Waals surface area contributed by atoms with Crippen molar-refractivity contribution in [2.24, 2.45) is 5.92 Å². The van der Waals surface area contributed by atoms with Crippen LogP contribution >= 0.6 is 11.3 Å². The minimum absolute atomic E-state index is 0.174. The Bertz CT molecular complexity index is 445. The molecule has 0 N–H and O–H groups in total. The van der Waals surface area contributed by atoms with Crippen LogP contribution in [0.4, 0.5) is 0 Å². The number of thiazole rings is 1. The zero-order valence-corrected chi connectivity index (χ0v) is 11.0. The lowest BCUT2D eigenvalue weighted by Crippen LogP contribution is -2.35. The van der Waals surface area contributed by atoms with Gasteiger partial charge in [0.05, 0.1) is 11.2 Å². The number of aryl methyl sites for hydroxylation is 1. The fourth-order valence-corrected chi connectivity index (χ4v) is 3.76. The summed E-state index contributed by atoms with van der Waals surface area (Å²) >= 11 is 1.46. The number of nitrogens with zero attached hydrogens (tertiary/aromatic N) is 3. The number of rotatable bonds is 1. The first kappa shape index (κ1) is 11.2. The van der Waals surface area contributed by atoms with Gasteiger partial charge in [-0.05, 0) is 32.9 Å². The van der Waals surface area contributed by atoms with Crippen molar-refractivity contribution >= 4 is 17.2 Å². The van der Waals surface area contributed by atoms with E-state index in [2.05, 4.69) is 16.9 Å². The third-order valence-electron chi connectivity index (χ3n) is 4.05. The molecule has 92 valence electrons. The number of hydrogen-bond acceptors (Lipinski definition) is 4. The molecule has 0 aliphatic carbocycles. The zero-order chi connectivity index (χ0) is 12.0. The molecule has 2 atom stereocenters. The van der Waals surface area contributed by atoms with E-state index in [1.807, 2.05) is 11.8 Å². The average Bonchev–Trinajstić information content (AvgIpc) is 2.96. The zero-order valence-electron chi connectivity index (χ0n) is 10.2. The van der Waals surface area contributed by atoms with Crippen LogP contribution in [0.3, 0.4) is 0 Å². The van der Waals surface area contributed by atoms with Gasteiger partial charge in [-0.25, -0.2) is 4.98 Å². The molecule has 1 amide bonds. The van der Waals surface area contributed by atoms with Gasteiger partial charge in [0.25, 0.3) is 5.91 Å². The number of carbonyl (C=O) groups is 1. The molecular weight excluding hydrogens is 234 g/mol. The molecule has 4 nitrogen and oxygen atoms in total. The van der Waals surface area contributed by atoms with E-state index in [-0.39, 0.29) is 5.91 Å². The summed E-state index contributed by atoms with van der Waals surface area (Å²) in [6, 6.07) is 0.576. The van der Waals surface area contributed by atoms with Crippen LogP contribution in [-0.4, -0.2) is 53.4 Å². The van der Waals surface area contributed by atoms with Gasteiger partial charge >= 0.3 is 0 Å². The Morgan fingerprint density at radius 3 is 3.00 bits per heavy atom. The predicted molar refractivity (Wildman–Crippen MR) is 67.3 cm³/mol. The highest BCUT2D eigenvalue weighted by Gasteiger charge is 2.41. The van der Waals surface area contributed by atoms with Crippen molar-refractivity contribution in [3.8, 4) is 0 Å². The largest absolute Gasteiger partial charge is 0.336 e. The van der Waals surface area contributed by atoms with Gasteiger partial charge in [0, 0.05) is 19.1 Å².